The molecule has 0 spiro atoms. The van der Waals surface area contributed by atoms with Crippen molar-refractivity contribution in [2.75, 3.05) is 58.9 Å². The Morgan fingerprint density at radius 3 is 2.33 bits per heavy atom. The third-order valence-corrected chi connectivity index (χ3v) is 5.72. The van der Waals surface area contributed by atoms with E-state index in [1.54, 1.807) is 7.11 Å². The Kier molecular flexibility index (Phi) is 8.45. The van der Waals surface area contributed by atoms with Crippen LogP contribution in [-0.4, -0.2) is 80.2 Å². The van der Waals surface area contributed by atoms with Crippen LogP contribution in [0.1, 0.15) is 6.92 Å². The van der Waals surface area contributed by atoms with E-state index in [4.69, 9.17) is 14.2 Å². The predicted molar refractivity (Wildman–Crippen MR) is 124 cm³/mol. The normalized spacial score (nSPS) is 15.5. The molecule has 0 aliphatic carbocycles. The zero-order valence-corrected chi connectivity index (χ0v) is 19.2. The summed E-state index contributed by atoms with van der Waals surface area (Å²) >= 11 is 0. The van der Waals surface area contributed by atoms with Crippen LogP contribution < -0.4 is 19.5 Å². The molecular formula is C23H30N4O6. The summed E-state index contributed by atoms with van der Waals surface area (Å²) in [5, 5.41) is 13.8. The highest BCUT2D eigenvalue weighted by atomic mass is 16.6. The van der Waals surface area contributed by atoms with E-state index >= 15 is 0 Å². The van der Waals surface area contributed by atoms with Crippen LogP contribution in [0, 0.1) is 10.1 Å². The number of benzene rings is 2. The molecule has 10 heteroatoms. The number of carbonyl (C=O) groups excluding carboxylic acids is 1. The number of rotatable bonds is 10. The van der Waals surface area contributed by atoms with Crippen molar-refractivity contribution in [2.24, 2.45) is 0 Å². The van der Waals surface area contributed by atoms with E-state index < -0.39 is 4.92 Å². The number of ether oxygens (including phenoxy) is 3. The number of nitro benzene ring substituents is 1. The van der Waals surface area contributed by atoms with Gasteiger partial charge in [0, 0.05) is 44.9 Å². The van der Waals surface area contributed by atoms with Gasteiger partial charge >= 0.3 is 0 Å². The predicted octanol–water partition coefficient (Wildman–Crippen LogP) is 2.64. The SMILES string of the molecule is COc1ccc(OCCN2CCN([C@@H](C)C(=O)Nc3cc([N+](=O)[O-])ccc3OC)CC2)cc1. The molecule has 1 N–H and O–H groups in total. The van der Waals surface area contributed by atoms with E-state index in [2.05, 4.69) is 15.1 Å². The highest BCUT2D eigenvalue weighted by Gasteiger charge is 2.26. The molecule has 1 fully saturated rings. The van der Waals surface area contributed by atoms with Gasteiger partial charge in [-0.1, -0.05) is 0 Å². The fourth-order valence-corrected chi connectivity index (χ4v) is 3.65. The van der Waals surface area contributed by atoms with E-state index in [0.717, 1.165) is 44.2 Å². The van der Waals surface area contributed by atoms with Crippen LogP contribution in [-0.2, 0) is 4.79 Å². The Bertz CT molecular complexity index is 944. The standard InChI is InChI=1S/C23H30N4O6/c1-17(23(28)24-21-16-18(27(29)30)4-9-22(21)32-3)26-12-10-25(11-13-26)14-15-33-20-7-5-19(31-2)6-8-20/h4-9,16-17H,10-15H2,1-3H3,(H,24,28)/t17-/m0/s1. The highest BCUT2D eigenvalue weighted by molar-refractivity contribution is 5.96. The topological polar surface area (TPSA) is 106 Å². The molecule has 0 aromatic heterocycles. The summed E-state index contributed by atoms with van der Waals surface area (Å²) in [4.78, 5) is 27.7. The number of nitrogens with one attached hydrogen (secondary N) is 1. The van der Waals surface area contributed by atoms with Gasteiger partial charge in [0.25, 0.3) is 5.69 Å². The first kappa shape index (κ1) is 24.3. The van der Waals surface area contributed by atoms with Crippen LogP contribution in [0.3, 0.4) is 0 Å². The molecule has 0 radical (unpaired) electrons. The first-order valence-electron chi connectivity index (χ1n) is 10.8. The average molecular weight is 459 g/mol. The molecule has 2 aromatic rings. The van der Waals surface area contributed by atoms with E-state index in [0.29, 0.717) is 12.4 Å². The van der Waals surface area contributed by atoms with Crippen molar-refractivity contribution in [2.45, 2.75) is 13.0 Å². The van der Waals surface area contributed by atoms with Crippen LogP contribution in [0.5, 0.6) is 17.2 Å². The zero-order valence-electron chi connectivity index (χ0n) is 19.2. The van der Waals surface area contributed by atoms with Gasteiger partial charge in [0.05, 0.1) is 30.9 Å². The number of amides is 1. The van der Waals surface area contributed by atoms with Crippen molar-refractivity contribution >= 4 is 17.3 Å². The summed E-state index contributed by atoms with van der Waals surface area (Å²) in [5.41, 5.74) is 0.182. The third kappa shape index (κ3) is 6.56. The lowest BCUT2D eigenvalue weighted by atomic mass is 10.2. The van der Waals surface area contributed by atoms with Gasteiger partial charge in [-0.25, -0.2) is 0 Å². The maximum absolute atomic E-state index is 12.8. The van der Waals surface area contributed by atoms with E-state index in [-0.39, 0.29) is 23.3 Å². The Hall–Kier alpha value is -3.37. The Balaban J connectivity index is 1.45. The molecule has 2 aromatic carbocycles. The quantitative estimate of drug-likeness (QED) is 0.428. The second kappa shape index (κ2) is 11.5. The summed E-state index contributed by atoms with van der Waals surface area (Å²) in [6.07, 6.45) is 0. The van der Waals surface area contributed by atoms with Gasteiger partial charge < -0.3 is 19.5 Å². The second-order valence-electron chi connectivity index (χ2n) is 7.71. The van der Waals surface area contributed by atoms with Crippen LogP contribution in [0.15, 0.2) is 42.5 Å². The number of non-ortho nitro benzene ring substituents is 1. The summed E-state index contributed by atoms with van der Waals surface area (Å²) in [6, 6.07) is 11.2. The number of nitrogens with zero attached hydrogens (tertiary/aromatic N) is 3. The largest absolute Gasteiger partial charge is 0.497 e. The number of methoxy groups -OCH3 is 2. The average Bonchev–Trinajstić information content (AvgIpc) is 2.84. The molecular weight excluding hydrogens is 428 g/mol. The Morgan fingerprint density at radius 2 is 1.73 bits per heavy atom. The van der Waals surface area contributed by atoms with E-state index in [9.17, 15) is 14.9 Å². The molecule has 1 aliphatic rings. The maximum atomic E-state index is 12.8. The fraction of sp³-hybridized carbons (Fsp3) is 0.435. The van der Waals surface area contributed by atoms with Gasteiger partial charge in [-0.2, -0.15) is 0 Å². The molecule has 1 aliphatic heterocycles. The molecule has 178 valence electrons. The van der Waals surface area contributed by atoms with Crippen molar-refractivity contribution in [3.05, 3.63) is 52.6 Å². The minimum atomic E-state index is -0.504. The molecule has 1 atom stereocenters. The highest BCUT2D eigenvalue weighted by Crippen LogP contribution is 2.29. The monoisotopic (exact) mass is 458 g/mol. The number of anilines is 1. The maximum Gasteiger partial charge on any atom is 0.271 e. The lowest BCUT2D eigenvalue weighted by Crippen LogP contribution is -2.53. The van der Waals surface area contributed by atoms with Crippen molar-refractivity contribution in [3.63, 3.8) is 0 Å². The number of piperazine rings is 1. The van der Waals surface area contributed by atoms with Gasteiger partial charge in [-0.3, -0.25) is 24.7 Å². The van der Waals surface area contributed by atoms with Crippen molar-refractivity contribution < 1.29 is 23.9 Å². The van der Waals surface area contributed by atoms with Gasteiger partial charge in [0.15, 0.2) is 0 Å². The molecule has 1 heterocycles. The minimum Gasteiger partial charge on any atom is -0.497 e. The molecule has 1 amide bonds. The number of carbonyl (C=O) groups is 1. The molecule has 10 nitrogen and oxygen atoms in total. The molecule has 33 heavy (non-hydrogen) atoms. The summed E-state index contributed by atoms with van der Waals surface area (Å²) < 4.78 is 16.2. The number of hydrogen-bond donors (Lipinski definition) is 1. The van der Waals surface area contributed by atoms with Gasteiger partial charge in [-0.05, 0) is 37.3 Å². The Labute approximate surface area is 193 Å². The van der Waals surface area contributed by atoms with E-state index in [1.807, 2.05) is 31.2 Å². The van der Waals surface area contributed by atoms with Crippen LogP contribution in [0.2, 0.25) is 0 Å². The first-order valence-corrected chi connectivity index (χ1v) is 10.8. The summed E-state index contributed by atoms with van der Waals surface area (Å²) in [7, 11) is 3.09. The van der Waals surface area contributed by atoms with Crippen molar-refractivity contribution in [1.29, 1.82) is 0 Å². The molecule has 1 saturated heterocycles. The molecule has 0 unspecified atom stereocenters. The minimum absolute atomic E-state index is 0.107. The molecule has 0 saturated carbocycles. The molecule has 0 bridgehead atoms. The van der Waals surface area contributed by atoms with Crippen LogP contribution in [0.25, 0.3) is 0 Å². The number of nitro groups is 1. The lowest BCUT2D eigenvalue weighted by molar-refractivity contribution is -0.384. The molecule has 3 rings (SSSR count). The van der Waals surface area contributed by atoms with Crippen LogP contribution in [0.4, 0.5) is 11.4 Å². The Morgan fingerprint density at radius 1 is 1.06 bits per heavy atom. The van der Waals surface area contributed by atoms with Gasteiger partial charge in [0.2, 0.25) is 5.91 Å². The van der Waals surface area contributed by atoms with Crippen molar-refractivity contribution in [1.82, 2.24) is 9.80 Å². The lowest BCUT2D eigenvalue weighted by Gasteiger charge is -2.37. The van der Waals surface area contributed by atoms with Gasteiger partial charge in [-0.15, -0.1) is 0 Å². The summed E-state index contributed by atoms with van der Waals surface area (Å²) in [6.45, 7) is 6.34. The smallest absolute Gasteiger partial charge is 0.271 e. The first-order chi connectivity index (χ1) is 15.9. The third-order valence-electron chi connectivity index (χ3n) is 5.72. The zero-order chi connectivity index (χ0) is 23.8. The van der Waals surface area contributed by atoms with Crippen LogP contribution >= 0.6 is 0 Å². The van der Waals surface area contributed by atoms with Crippen molar-refractivity contribution in [3.8, 4) is 17.2 Å². The fourth-order valence-electron chi connectivity index (χ4n) is 3.65. The van der Waals surface area contributed by atoms with E-state index in [1.165, 1.54) is 25.3 Å². The second-order valence-corrected chi connectivity index (χ2v) is 7.71. The summed E-state index contributed by atoms with van der Waals surface area (Å²) in [5.74, 6) is 1.74. The number of hydrogen-bond acceptors (Lipinski definition) is 8. The van der Waals surface area contributed by atoms with Gasteiger partial charge in [0.1, 0.15) is 23.9 Å².